The summed E-state index contributed by atoms with van der Waals surface area (Å²) in [6, 6.07) is 24.2. The quantitative estimate of drug-likeness (QED) is 0.403. The van der Waals surface area contributed by atoms with E-state index in [1.807, 2.05) is 71.4 Å². The van der Waals surface area contributed by atoms with Gasteiger partial charge in [0, 0.05) is 24.6 Å². The van der Waals surface area contributed by atoms with Gasteiger partial charge in [0.05, 0.1) is 30.6 Å². The maximum absolute atomic E-state index is 14.7. The van der Waals surface area contributed by atoms with E-state index in [1.165, 1.54) is 6.07 Å². The van der Waals surface area contributed by atoms with Gasteiger partial charge in [-0.3, -0.25) is 4.98 Å². The Bertz CT molecular complexity index is 1260. The van der Waals surface area contributed by atoms with Gasteiger partial charge in [0.25, 0.3) is 0 Å². The van der Waals surface area contributed by atoms with E-state index in [2.05, 4.69) is 15.2 Å². The van der Waals surface area contributed by atoms with Crippen molar-refractivity contribution in [2.24, 2.45) is 0 Å². The van der Waals surface area contributed by atoms with E-state index < -0.39 is 0 Å². The molecule has 1 fully saturated rings. The Morgan fingerprint density at radius 2 is 1.79 bits per heavy atom. The normalized spacial score (nSPS) is 17.8. The zero-order chi connectivity index (χ0) is 22.8. The van der Waals surface area contributed by atoms with Crippen LogP contribution < -0.4 is 10.1 Å². The van der Waals surface area contributed by atoms with Gasteiger partial charge in [0.2, 0.25) is 0 Å². The second-order valence-electron chi connectivity index (χ2n) is 7.86. The number of para-hydroxylation sites is 1. The third-order valence-corrected chi connectivity index (χ3v) is 6.26. The summed E-state index contributed by atoms with van der Waals surface area (Å²) in [5, 5.41) is 4.09. The molecular weight excluding hydrogens is 435 g/mol. The number of hydrogen-bond acceptors (Lipinski definition) is 3. The van der Waals surface area contributed by atoms with Gasteiger partial charge in [-0.25, -0.2) is 4.39 Å². The molecule has 0 radical (unpaired) electrons. The molecule has 5 nitrogen and oxygen atoms in total. The molecule has 0 aliphatic carbocycles. The van der Waals surface area contributed by atoms with Gasteiger partial charge in [-0.15, -0.1) is 0 Å². The lowest BCUT2D eigenvalue weighted by Crippen LogP contribution is -2.30. The van der Waals surface area contributed by atoms with Crippen molar-refractivity contribution in [3.63, 3.8) is 0 Å². The summed E-state index contributed by atoms with van der Waals surface area (Å²) in [5.41, 5.74) is 3.40. The molecule has 4 aromatic rings. The van der Waals surface area contributed by atoms with Gasteiger partial charge in [0.1, 0.15) is 11.6 Å². The van der Waals surface area contributed by atoms with Crippen molar-refractivity contribution < 1.29 is 9.13 Å². The monoisotopic (exact) mass is 458 g/mol. The van der Waals surface area contributed by atoms with Crippen LogP contribution in [0.15, 0.2) is 91.3 Å². The van der Waals surface area contributed by atoms with Crippen LogP contribution in [-0.4, -0.2) is 26.7 Å². The molecule has 3 heterocycles. The minimum Gasteiger partial charge on any atom is -0.497 e. The maximum atomic E-state index is 14.7. The molecule has 0 bridgehead atoms. The molecule has 1 N–H and O–H groups in total. The average molecular weight is 459 g/mol. The third kappa shape index (κ3) is 4.07. The lowest BCUT2D eigenvalue weighted by Gasteiger charge is -2.29. The topological polar surface area (TPSA) is 42.3 Å². The largest absolute Gasteiger partial charge is 0.497 e. The summed E-state index contributed by atoms with van der Waals surface area (Å²) in [7, 11) is 1.65. The van der Waals surface area contributed by atoms with Crippen LogP contribution in [0.4, 0.5) is 4.39 Å². The summed E-state index contributed by atoms with van der Waals surface area (Å²) in [6.07, 6.45) is 3.66. The first-order valence-electron chi connectivity index (χ1n) is 10.7. The van der Waals surface area contributed by atoms with Crippen LogP contribution in [0.2, 0.25) is 0 Å². The standard InChI is InChI=1S/C26H23FN4OS/c1-32-19-13-11-18(12-14-19)17-31-25(24(29-26(31)33)21-8-4-5-15-28-21)23-10-6-16-30(23)22-9-3-2-7-20(22)27/h2-16,24-25H,17H2,1H3,(H,29,33)/t24-,25-/m1/s1. The second kappa shape index (κ2) is 9.03. The molecule has 5 rings (SSSR count). The Morgan fingerprint density at radius 3 is 2.52 bits per heavy atom. The number of rotatable bonds is 6. The van der Waals surface area contributed by atoms with Crippen molar-refractivity contribution in [1.82, 2.24) is 19.8 Å². The van der Waals surface area contributed by atoms with Crippen LogP contribution in [0, 0.1) is 5.82 Å². The Kier molecular flexibility index (Phi) is 5.79. The van der Waals surface area contributed by atoms with Gasteiger partial charge in [-0.05, 0) is 66.3 Å². The number of nitrogens with zero attached hydrogens (tertiary/aromatic N) is 3. The fourth-order valence-electron chi connectivity index (χ4n) is 4.33. The average Bonchev–Trinajstić information content (AvgIpc) is 3.45. The number of methoxy groups -OCH3 is 1. The molecule has 1 aliphatic rings. The molecule has 0 unspecified atom stereocenters. The molecular formula is C26H23FN4OS. The summed E-state index contributed by atoms with van der Waals surface area (Å²) in [5.74, 6) is 0.525. The molecule has 0 saturated carbocycles. The highest BCUT2D eigenvalue weighted by molar-refractivity contribution is 7.80. The first-order chi connectivity index (χ1) is 16.2. The van der Waals surface area contributed by atoms with Crippen molar-refractivity contribution in [3.8, 4) is 11.4 Å². The Balaban J connectivity index is 1.59. The molecule has 1 aliphatic heterocycles. The Hall–Kier alpha value is -3.71. The van der Waals surface area contributed by atoms with Gasteiger partial charge in [-0.2, -0.15) is 0 Å². The summed E-state index contributed by atoms with van der Waals surface area (Å²) < 4.78 is 21.9. The lowest BCUT2D eigenvalue weighted by atomic mass is 10.0. The molecule has 2 atom stereocenters. The number of pyridine rings is 1. The van der Waals surface area contributed by atoms with Crippen LogP contribution in [0.3, 0.4) is 0 Å². The first kappa shape index (κ1) is 21.2. The van der Waals surface area contributed by atoms with Crippen LogP contribution >= 0.6 is 12.2 Å². The van der Waals surface area contributed by atoms with Crippen molar-refractivity contribution in [2.45, 2.75) is 18.6 Å². The fraction of sp³-hybridized carbons (Fsp3) is 0.154. The molecule has 1 saturated heterocycles. The SMILES string of the molecule is COc1ccc(CN2C(=S)N[C@H](c3ccccn3)[C@H]2c2cccn2-c2ccccc2F)cc1. The van der Waals surface area contributed by atoms with Crippen LogP contribution in [-0.2, 0) is 6.54 Å². The Labute approximate surface area is 197 Å². The van der Waals surface area contributed by atoms with E-state index in [1.54, 1.807) is 25.4 Å². The number of nitrogens with one attached hydrogen (secondary N) is 1. The van der Waals surface area contributed by atoms with E-state index in [0.717, 1.165) is 22.7 Å². The van der Waals surface area contributed by atoms with Crippen molar-refractivity contribution in [1.29, 1.82) is 0 Å². The zero-order valence-corrected chi connectivity index (χ0v) is 18.9. The van der Waals surface area contributed by atoms with Crippen molar-refractivity contribution >= 4 is 17.3 Å². The van der Waals surface area contributed by atoms with Gasteiger partial charge in [-0.1, -0.05) is 30.3 Å². The van der Waals surface area contributed by atoms with E-state index in [0.29, 0.717) is 17.3 Å². The second-order valence-corrected chi connectivity index (χ2v) is 8.24. The highest BCUT2D eigenvalue weighted by Crippen LogP contribution is 2.40. The highest BCUT2D eigenvalue weighted by Gasteiger charge is 2.41. The number of hydrogen-bond donors (Lipinski definition) is 1. The van der Waals surface area contributed by atoms with Crippen LogP contribution in [0.25, 0.3) is 5.69 Å². The molecule has 2 aromatic carbocycles. The number of halogens is 1. The molecule has 2 aromatic heterocycles. The number of ether oxygens (including phenoxy) is 1. The molecule has 0 amide bonds. The number of thiocarbonyl (C=S) groups is 1. The van der Waals surface area contributed by atoms with E-state index in [-0.39, 0.29) is 17.9 Å². The Morgan fingerprint density at radius 1 is 1.00 bits per heavy atom. The summed E-state index contributed by atoms with van der Waals surface area (Å²) in [6.45, 7) is 0.590. The smallest absolute Gasteiger partial charge is 0.170 e. The summed E-state index contributed by atoms with van der Waals surface area (Å²) in [4.78, 5) is 6.73. The molecule has 166 valence electrons. The van der Waals surface area contributed by atoms with E-state index >= 15 is 0 Å². The third-order valence-electron chi connectivity index (χ3n) is 5.91. The van der Waals surface area contributed by atoms with Crippen LogP contribution in [0.5, 0.6) is 5.75 Å². The zero-order valence-electron chi connectivity index (χ0n) is 18.1. The van der Waals surface area contributed by atoms with Crippen LogP contribution in [0.1, 0.15) is 29.0 Å². The number of aromatic nitrogens is 2. The van der Waals surface area contributed by atoms with Gasteiger partial charge < -0.3 is 19.5 Å². The molecule has 33 heavy (non-hydrogen) atoms. The fourth-order valence-corrected chi connectivity index (χ4v) is 4.63. The molecule has 0 spiro atoms. The predicted octanol–water partition coefficient (Wildman–Crippen LogP) is 5.19. The van der Waals surface area contributed by atoms with Gasteiger partial charge in [0.15, 0.2) is 5.11 Å². The first-order valence-corrected chi connectivity index (χ1v) is 11.1. The molecule has 7 heteroatoms. The highest BCUT2D eigenvalue weighted by atomic mass is 32.1. The summed E-state index contributed by atoms with van der Waals surface area (Å²) >= 11 is 5.78. The van der Waals surface area contributed by atoms with E-state index in [9.17, 15) is 4.39 Å². The minimum atomic E-state index is -0.278. The maximum Gasteiger partial charge on any atom is 0.170 e. The lowest BCUT2D eigenvalue weighted by molar-refractivity contribution is 0.302. The van der Waals surface area contributed by atoms with Gasteiger partial charge >= 0.3 is 0 Å². The predicted molar refractivity (Wildman–Crippen MR) is 130 cm³/mol. The minimum absolute atomic E-state index is 0.183. The van der Waals surface area contributed by atoms with E-state index in [4.69, 9.17) is 17.0 Å². The number of benzene rings is 2. The van der Waals surface area contributed by atoms with Crippen molar-refractivity contribution in [2.75, 3.05) is 7.11 Å². The van der Waals surface area contributed by atoms with Crippen molar-refractivity contribution in [3.05, 3.63) is 114 Å².